The molecule has 0 radical (unpaired) electrons. The minimum atomic E-state index is -0.183. The van der Waals surface area contributed by atoms with E-state index in [1.807, 2.05) is 29.8 Å². The first-order valence-electron chi connectivity index (χ1n) is 9.35. The van der Waals surface area contributed by atoms with Crippen molar-refractivity contribution in [3.05, 3.63) is 47.4 Å². The van der Waals surface area contributed by atoms with Gasteiger partial charge in [0.05, 0.1) is 5.69 Å². The van der Waals surface area contributed by atoms with Crippen molar-refractivity contribution >= 4 is 11.7 Å². The normalized spacial score (nSPS) is 11.5. The van der Waals surface area contributed by atoms with Crippen LogP contribution < -0.4 is 22.5 Å². The molecule has 0 aliphatic heterocycles. The summed E-state index contributed by atoms with van der Waals surface area (Å²) >= 11 is 0. The van der Waals surface area contributed by atoms with Crippen LogP contribution in [0.15, 0.2) is 41.7 Å². The fourth-order valence-electron chi connectivity index (χ4n) is 3.06. The Morgan fingerprint density at radius 2 is 1.96 bits per heavy atom. The Labute approximate surface area is 166 Å². The smallest absolute Gasteiger partial charge is 0.133 e. The molecule has 1 heterocycles. The summed E-state index contributed by atoms with van der Waals surface area (Å²) in [5.74, 6) is 3.64. The molecule has 0 aliphatic rings. The highest BCUT2D eigenvalue weighted by atomic mass is 15.3. The van der Waals surface area contributed by atoms with E-state index in [1.54, 1.807) is 0 Å². The van der Waals surface area contributed by atoms with Crippen LogP contribution in [0.5, 0.6) is 0 Å². The van der Waals surface area contributed by atoms with Crippen LogP contribution in [0.4, 0.5) is 5.82 Å². The summed E-state index contributed by atoms with van der Waals surface area (Å²) in [5.41, 5.74) is 20.4. The average Bonchev–Trinajstić information content (AvgIpc) is 3.05. The molecule has 2 aromatic rings. The van der Waals surface area contributed by atoms with Gasteiger partial charge in [0.15, 0.2) is 0 Å². The molecule has 8 N–H and O–H groups in total. The zero-order valence-corrected chi connectivity index (χ0v) is 16.5. The monoisotopic (exact) mass is 379 g/mol. The number of benzene rings is 1. The first-order chi connectivity index (χ1) is 13.4. The zero-order chi connectivity index (χ0) is 20.7. The largest absolute Gasteiger partial charge is 0.385 e. The van der Waals surface area contributed by atoms with Crippen molar-refractivity contribution in [1.82, 2.24) is 9.78 Å². The molecule has 1 atom stereocenters. The van der Waals surface area contributed by atoms with Crippen LogP contribution in [0.25, 0.3) is 11.1 Å². The van der Waals surface area contributed by atoms with E-state index in [1.165, 1.54) is 0 Å². The van der Waals surface area contributed by atoms with Gasteiger partial charge < -0.3 is 22.5 Å². The molecule has 7 nitrogen and oxygen atoms in total. The lowest BCUT2D eigenvalue weighted by atomic mass is 10.0. The molecule has 0 fully saturated rings. The third-order valence-corrected chi connectivity index (χ3v) is 4.56. The fourth-order valence-corrected chi connectivity index (χ4v) is 3.06. The van der Waals surface area contributed by atoms with Gasteiger partial charge in [-0.05, 0) is 31.7 Å². The number of aromatic nitrogens is 2. The predicted octanol–water partition coefficient (Wildman–Crippen LogP) is 2.56. The lowest BCUT2D eigenvalue weighted by molar-refractivity contribution is 0.593. The molecule has 0 spiro atoms. The highest BCUT2D eigenvalue weighted by Gasteiger charge is 2.20. The van der Waals surface area contributed by atoms with Crippen molar-refractivity contribution in [2.45, 2.75) is 39.2 Å². The Balaban J connectivity index is 2.31. The van der Waals surface area contributed by atoms with Gasteiger partial charge in [0.1, 0.15) is 23.5 Å². The van der Waals surface area contributed by atoms with Gasteiger partial charge >= 0.3 is 0 Å². The molecule has 2 rings (SSSR count). The van der Waals surface area contributed by atoms with Crippen LogP contribution in [-0.4, -0.2) is 22.2 Å². The first-order valence-corrected chi connectivity index (χ1v) is 9.35. The van der Waals surface area contributed by atoms with Crippen LogP contribution in [0.3, 0.4) is 0 Å². The third-order valence-electron chi connectivity index (χ3n) is 4.56. The van der Waals surface area contributed by atoms with Gasteiger partial charge in [-0.1, -0.05) is 43.2 Å². The summed E-state index contributed by atoms with van der Waals surface area (Å²) in [6.45, 7) is 4.66. The highest BCUT2D eigenvalue weighted by molar-refractivity contribution is 5.94. The van der Waals surface area contributed by atoms with E-state index in [4.69, 9.17) is 34.1 Å². The number of nitrogens with zero attached hydrogens (tertiary/aromatic N) is 2. The number of anilines is 1. The molecule has 1 unspecified atom stereocenters. The summed E-state index contributed by atoms with van der Waals surface area (Å²) in [4.78, 5) is 0. The first kappa shape index (κ1) is 20.9. The molecule has 1 aromatic carbocycles. The quantitative estimate of drug-likeness (QED) is 0.198. The van der Waals surface area contributed by atoms with Crippen LogP contribution in [0.1, 0.15) is 38.4 Å². The van der Waals surface area contributed by atoms with Crippen molar-refractivity contribution in [2.75, 3.05) is 11.9 Å². The van der Waals surface area contributed by atoms with E-state index >= 15 is 0 Å². The van der Waals surface area contributed by atoms with E-state index in [2.05, 4.69) is 30.3 Å². The summed E-state index contributed by atoms with van der Waals surface area (Å²) in [7, 11) is 0. The molecule has 0 bridgehead atoms. The van der Waals surface area contributed by atoms with Gasteiger partial charge in [0.2, 0.25) is 0 Å². The van der Waals surface area contributed by atoms with Crippen LogP contribution >= 0.6 is 0 Å². The molecule has 7 heteroatoms. The molecule has 0 saturated carbocycles. The maximum Gasteiger partial charge on any atom is 0.133 e. The second kappa shape index (κ2) is 9.51. The van der Waals surface area contributed by atoms with Crippen LogP contribution in [0, 0.1) is 17.8 Å². The number of nitrogens with two attached hydrogens (primary N) is 3. The molecule has 148 valence electrons. The molecule has 1 aromatic heterocycles. The lowest BCUT2D eigenvalue weighted by Gasteiger charge is -2.15. The topological polar surface area (TPSA) is 132 Å². The van der Waals surface area contributed by atoms with Crippen molar-refractivity contribution < 1.29 is 0 Å². The maximum absolute atomic E-state index is 7.57. The Bertz CT molecular complexity index is 883. The second-order valence-corrected chi connectivity index (χ2v) is 6.55. The fraction of sp³-hybridized carbons (Fsp3) is 0.333. The number of rotatable bonds is 9. The van der Waals surface area contributed by atoms with Gasteiger partial charge in [-0.3, -0.25) is 5.41 Å². The van der Waals surface area contributed by atoms with Crippen LogP contribution in [-0.2, 0) is 6.42 Å². The van der Waals surface area contributed by atoms with Crippen molar-refractivity contribution in [3.63, 3.8) is 0 Å². The Morgan fingerprint density at radius 3 is 2.50 bits per heavy atom. The van der Waals surface area contributed by atoms with Gasteiger partial charge in [0, 0.05) is 17.7 Å². The number of hydrogen-bond donors (Lipinski definition) is 5. The third kappa shape index (κ3) is 4.65. The van der Waals surface area contributed by atoms with Gasteiger partial charge in [-0.15, -0.1) is 6.42 Å². The predicted molar refractivity (Wildman–Crippen MR) is 116 cm³/mol. The van der Waals surface area contributed by atoms with Crippen molar-refractivity contribution in [3.8, 4) is 23.5 Å². The second-order valence-electron chi connectivity index (χ2n) is 6.55. The zero-order valence-electron chi connectivity index (χ0n) is 16.5. The average molecular weight is 380 g/mol. The minimum absolute atomic E-state index is 0.0933. The summed E-state index contributed by atoms with van der Waals surface area (Å²) < 4.78 is 1.86. The number of nitrogens with one attached hydrogen (secondary N) is 2. The highest BCUT2D eigenvalue weighted by Crippen LogP contribution is 2.34. The lowest BCUT2D eigenvalue weighted by Crippen LogP contribution is -2.23. The van der Waals surface area contributed by atoms with E-state index < -0.39 is 0 Å². The van der Waals surface area contributed by atoms with E-state index in [0.717, 1.165) is 29.1 Å². The molecule has 0 amide bonds. The Hall–Kier alpha value is -3.40. The van der Waals surface area contributed by atoms with Gasteiger partial charge in [-0.2, -0.15) is 5.10 Å². The number of hydrogen-bond acceptors (Lipinski definition) is 5. The minimum Gasteiger partial charge on any atom is -0.385 e. The molecule has 0 aliphatic carbocycles. The van der Waals surface area contributed by atoms with Crippen molar-refractivity contribution in [2.24, 2.45) is 17.2 Å². The molecular weight excluding hydrogens is 350 g/mol. The van der Waals surface area contributed by atoms with Gasteiger partial charge in [0.25, 0.3) is 0 Å². The maximum atomic E-state index is 7.57. The summed E-state index contributed by atoms with van der Waals surface area (Å²) in [6, 6.07) is 9.96. The van der Waals surface area contributed by atoms with Crippen LogP contribution in [0.2, 0.25) is 0 Å². The standard InChI is InChI=1S/C21H29N7/c1-4-14(3)28-21(26-13-9-12-16(19(22)23)20(24)25)18(17(5-2)27-28)15-10-7-6-8-11-15/h1,6-8,10-11,14,26H,5,9,12-13,22-23H2,2-3H3,(H3,24,25). The number of terminal acetylenes is 1. The van der Waals surface area contributed by atoms with E-state index in [-0.39, 0.29) is 17.7 Å². The molecule has 28 heavy (non-hydrogen) atoms. The number of amidine groups is 1. The summed E-state index contributed by atoms with van der Waals surface area (Å²) in [5, 5.41) is 15.8. The SMILES string of the molecule is C#CC(C)n1nc(CC)c(-c2ccccc2)c1NCCCC(C(=N)N)=C(N)N. The summed E-state index contributed by atoms with van der Waals surface area (Å²) in [6.07, 6.45) is 7.68. The van der Waals surface area contributed by atoms with E-state index in [9.17, 15) is 0 Å². The number of aryl methyl sites for hydroxylation is 1. The molecular formula is C21H29N7. The van der Waals surface area contributed by atoms with Gasteiger partial charge in [-0.25, -0.2) is 4.68 Å². The van der Waals surface area contributed by atoms with E-state index in [0.29, 0.717) is 25.0 Å². The Morgan fingerprint density at radius 1 is 1.29 bits per heavy atom. The van der Waals surface area contributed by atoms with Crippen molar-refractivity contribution in [1.29, 1.82) is 5.41 Å². The molecule has 0 saturated heterocycles. The Kier molecular flexibility index (Phi) is 7.10.